The Bertz CT molecular complexity index is 1110. The van der Waals surface area contributed by atoms with Gasteiger partial charge in [-0.25, -0.2) is 13.2 Å². The summed E-state index contributed by atoms with van der Waals surface area (Å²) in [5, 5.41) is 24.8. The number of nitrogens with one attached hydrogen (secondary N) is 1. The third-order valence-electron chi connectivity index (χ3n) is 5.11. The summed E-state index contributed by atoms with van der Waals surface area (Å²) in [6, 6.07) is 12.9. The fourth-order valence-corrected chi connectivity index (χ4v) is 5.13. The molecule has 0 fully saturated rings. The molecule has 0 heterocycles. The minimum atomic E-state index is -4.09. The third-order valence-corrected chi connectivity index (χ3v) is 6.96. The summed E-state index contributed by atoms with van der Waals surface area (Å²) in [6.45, 7) is 8.63. The van der Waals surface area contributed by atoms with Gasteiger partial charge in [0.15, 0.2) is 0 Å². The standard InChI is InChI=1S/C25H35N3O7S/c1-18(2)16-27(36(33,34)21-13-11-20(12-14-21)28(31)32)17-23(29)22(15-19-9-7-6-8-10-19)26-24(30)35-25(3,4)5/h6-14,18,22-23,29H,15-17H2,1-5H3,(H,26,30)/t22-,23+/m1/s1. The number of alkyl carbamates (subject to hydrolysis) is 1. The van der Waals surface area contributed by atoms with Crippen LogP contribution in [0.5, 0.6) is 0 Å². The average Bonchev–Trinajstić information content (AvgIpc) is 2.77. The molecule has 2 atom stereocenters. The molecular weight excluding hydrogens is 486 g/mol. The normalized spacial score (nSPS) is 13.9. The van der Waals surface area contributed by atoms with Crippen molar-refractivity contribution >= 4 is 21.8 Å². The van der Waals surface area contributed by atoms with Crippen LogP contribution in [0.15, 0.2) is 59.5 Å². The molecule has 10 nitrogen and oxygen atoms in total. The van der Waals surface area contributed by atoms with E-state index in [1.165, 1.54) is 12.1 Å². The number of rotatable bonds is 11. The van der Waals surface area contributed by atoms with Gasteiger partial charge < -0.3 is 15.2 Å². The average molecular weight is 522 g/mol. The summed E-state index contributed by atoms with van der Waals surface area (Å²) in [7, 11) is -4.09. The molecule has 0 spiro atoms. The molecule has 0 aromatic heterocycles. The van der Waals surface area contributed by atoms with Gasteiger partial charge in [-0.05, 0) is 50.8 Å². The number of hydrogen-bond donors (Lipinski definition) is 2. The Balaban J connectivity index is 2.33. The molecule has 0 saturated heterocycles. The molecule has 2 N–H and O–H groups in total. The predicted molar refractivity (Wildman–Crippen MR) is 136 cm³/mol. The van der Waals surface area contributed by atoms with Crippen molar-refractivity contribution in [2.24, 2.45) is 5.92 Å². The largest absolute Gasteiger partial charge is 0.444 e. The minimum Gasteiger partial charge on any atom is -0.444 e. The Kier molecular flexibility index (Phi) is 9.97. The van der Waals surface area contributed by atoms with E-state index in [1.807, 2.05) is 44.2 Å². The zero-order chi connectivity index (χ0) is 27.1. The fraction of sp³-hybridized carbons (Fsp3) is 0.480. The molecule has 0 unspecified atom stereocenters. The predicted octanol–water partition coefficient (Wildman–Crippen LogP) is 3.74. The fourth-order valence-electron chi connectivity index (χ4n) is 3.51. The SMILES string of the molecule is CC(C)CN(C[C@H](O)[C@@H](Cc1ccccc1)NC(=O)OC(C)(C)C)S(=O)(=O)c1ccc([N+](=O)[O-])cc1. The van der Waals surface area contributed by atoms with Crippen LogP contribution in [-0.2, 0) is 21.2 Å². The summed E-state index contributed by atoms with van der Waals surface area (Å²) in [4.78, 5) is 22.7. The van der Waals surface area contributed by atoms with E-state index in [9.17, 15) is 28.4 Å². The summed E-state index contributed by atoms with van der Waals surface area (Å²) in [5.41, 5.74) is -0.143. The van der Waals surface area contributed by atoms with E-state index in [2.05, 4.69) is 5.32 Å². The summed E-state index contributed by atoms with van der Waals surface area (Å²) in [6.07, 6.45) is -1.76. The van der Waals surface area contributed by atoms with E-state index >= 15 is 0 Å². The molecule has 1 amide bonds. The molecule has 0 radical (unpaired) electrons. The molecule has 198 valence electrons. The number of aliphatic hydroxyl groups excluding tert-OH is 1. The Labute approximate surface area is 212 Å². The van der Waals surface area contributed by atoms with Crippen molar-refractivity contribution in [3.63, 3.8) is 0 Å². The Morgan fingerprint density at radius 1 is 1.08 bits per heavy atom. The lowest BCUT2D eigenvalue weighted by Crippen LogP contribution is -2.51. The van der Waals surface area contributed by atoms with Crippen molar-refractivity contribution < 1.29 is 28.0 Å². The Morgan fingerprint density at radius 3 is 2.17 bits per heavy atom. The zero-order valence-corrected chi connectivity index (χ0v) is 22.1. The highest BCUT2D eigenvalue weighted by Gasteiger charge is 2.32. The Hall–Kier alpha value is -3.02. The van der Waals surface area contributed by atoms with Crippen LogP contribution in [-0.4, -0.2) is 59.7 Å². The van der Waals surface area contributed by atoms with Gasteiger partial charge in [0.25, 0.3) is 5.69 Å². The van der Waals surface area contributed by atoms with Crippen LogP contribution in [0.25, 0.3) is 0 Å². The number of benzene rings is 2. The lowest BCUT2D eigenvalue weighted by molar-refractivity contribution is -0.384. The maximum atomic E-state index is 13.4. The first-order valence-electron chi connectivity index (χ1n) is 11.6. The topological polar surface area (TPSA) is 139 Å². The van der Waals surface area contributed by atoms with Crippen molar-refractivity contribution in [3.8, 4) is 0 Å². The molecule has 0 saturated carbocycles. The molecule has 2 aromatic carbocycles. The van der Waals surface area contributed by atoms with Gasteiger partial charge >= 0.3 is 6.09 Å². The number of nitro groups is 1. The van der Waals surface area contributed by atoms with Gasteiger partial charge in [0.05, 0.1) is 22.0 Å². The smallest absolute Gasteiger partial charge is 0.407 e. The number of amides is 1. The highest BCUT2D eigenvalue weighted by Crippen LogP contribution is 2.22. The van der Waals surface area contributed by atoms with Crippen molar-refractivity contribution in [2.75, 3.05) is 13.1 Å². The van der Waals surface area contributed by atoms with Crippen LogP contribution >= 0.6 is 0 Å². The molecule has 2 aromatic rings. The lowest BCUT2D eigenvalue weighted by Gasteiger charge is -2.31. The van der Waals surface area contributed by atoms with E-state index in [-0.39, 0.29) is 36.0 Å². The Morgan fingerprint density at radius 2 is 1.67 bits per heavy atom. The maximum Gasteiger partial charge on any atom is 0.407 e. The third kappa shape index (κ3) is 8.89. The second-order valence-electron chi connectivity index (χ2n) is 9.98. The number of nitro benzene ring substituents is 1. The van der Waals surface area contributed by atoms with Crippen molar-refractivity contribution in [3.05, 3.63) is 70.3 Å². The van der Waals surface area contributed by atoms with Gasteiger partial charge in [-0.3, -0.25) is 10.1 Å². The molecule has 11 heteroatoms. The highest BCUT2D eigenvalue weighted by molar-refractivity contribution is 7.89. The van der Waals surface area contributed by atoms with Gasteiger partial charge in [0.1, 0.15) is 5.60 Å². The van der Waals surface area contributed by atoms with Crippen LogP contribution in [0.1, 0.15) is 40.2 Å². The second kappa shape index (κ2) is 12.3. The molecule has 0 aliphatic heterocycles. The van der Waals surface area contributed by atoms with Crippen molar-refractivity contribution in [1.82, 2.24) is 9.62 Å². The van der Waals surface area contributed by atoms with Gasteiger partial charge in [-0.1, -0.05) is 44.2 Å². The van der Waals surface area contributed by atoms with Gasteiger partial charge in [0.2, 0.25) is 10.0 Å². The molecule has 2 rings (SSSR count). The van der Waals surface area contributed by atoms with E-state index < -0.39 is 38.8 Å². The number of non-ortho nitro benzene ring substituents is 1. The molecule has 0 aliphatic carbocycles. The summed E-state index contributed by atoms with van der Waals surface area (Å²) in [5.74, 6) is -0.0728. The zero-order valence-electron chi connectivity index (χ0n) is 21.2. The summed E-state index contributed by atoms with van der Waals surface area (Å²) < 4.78 is 33.3. The van der Waals surface area contributed by atoms with Gasteiger partial charge in [0, 0.05) is 25.2 Å². The highest BCUT2D eigenvalue weighted by atomic mass is 32.2. The van der Waals surface area contributed by atoms with Gasteiger partial charge in [-0.2, -0.15) is 4.31 Å². The number of nitrogens with zero attached hydrogens (tertiary/aromatic N) is 2. The van der Waals surface area contributed by atoms with Crippen LogP contribution < -0.4 is 5.32 Å². The first kappa shape index (κ1) is 29.2. The van der Waals surface area contributed by atoms with E-state index in [0.717, 1.165) is 22.0 Å². The maximum absolute atomic E-state index is 13.4. The van der Waals surface area contributed by atoms with E-state index in [1.54, 1.807) is 20.8 Å². The quantitative estimate of drug-likeness (QED) is 0.339. The molecule has 0 aliphatic rings. The molecule has 36 heavy (non-hydrogen) atoms. The first-order chi connectivity index (χ1) is 16.7. The minimum absolute atomic E-state index is 0.0728. The number of carbonyl (C=O) groups excluding carboxylic acids is 1. The van der Waals surface area contributed by atoms with E-state index in [4.69, 9.17) is 4.74 Å². The number of carbonyl (C=O) groups is 1. The van der Waals surface area contributed by atoms with E-state index in [0.29, 0.717) is 0 Å². The van der Waals surface area contributed by atoms with Crippen molar-refractivity contribution in [1.29, 1.82) is 0 Å². The van der Waals surface area contributed by atoms with Crippen LogP contribution in [0.3, 0.4) is 0 Å². The lowest BCUT2D eigenvalue weighted by atomic mass is 10.0. The van der Waals surface area contributed by atoms with Gasteiger partial charge in [-0.15, -0.1) is 0 Å². The van der Waals surface area contributed by atoms with Crippen LogP contribution in [0, 0.1) is 16.0 Å². The molecule has 0 bridgehead atoms. The monoisotopic (exact) mass is 521 g/mol. The van der Waals surface area contributed by atoms with Crippen LogP contribution in [0.4, 0.5) is 10.5 Å². The summed E-state index contributed by atoms with van der Waals surface area (Å²) >= 11 is 0. The second-order valence-corrected chi connectivity index (χ2v) is 11.9. The van der Waals surface area contributed by atoms with Crippen molar-refractivity contribution in [2.45, 2.75) is 63.7 Å². The number of aliphatic hydroxyl groups is 1. The first-order valence-corrected chi connectivity index (χ1v) is 13.1. The molecular formula is C25H35N3O7S. The number of ether oxygens (including phenoxy) is 1. The number of sulfonamides is 1. The van der Waals surface area contributed by atoms with Crippen LogP contribution in [0.2, 0.25) is 0 Å². The number of hydrogen-bond acceptors (Lipinski definition) is 7.